The molecule has 260 valence electrons. The van der Waals surface area contributed by atoms with E-state index in [-0.39, 0.29) is 16.7 Å². The van der Waals surface area contributed by atoms with E-state index in [2.05, 4.69) is 0 Å². The molecule has 8 rings (SSSR count). The van der Waals surface area contributed by atoms with E-state index in [1.165, 1.54) is 0 Å². The molecule has 0 saturated carbocycles. The summed E-state index contributed by atoms with van der Waals surface area (Å²) >= 11 is 0. The number of carbonyl (C=O) groups excluding carboxylic acids is 1. The van der Waals surface area contributed by atoms with Crippen molar-refractivity contribution in [2.45, 2.75) is 4.90 Å². The SMILES string of the molecule is O=C(Oc1c(F)c(F)c(S(=O)(=O)[O-])c(F)c1F)c1c(-c2ccc3ccccc3c2)cc(-c2ccc3ccccc3c2)cc1-c1ccc2ccccc2c1. The molecule has 0 aliphatic heterocycles. The molecule has 0 heterocycles. The molecule has 0 spiro atoms. The van der Waals surface area contributed by atoms with Crippen molar-refractivity contribution in [1.29, 1.82) is 0 Å². The van der Waals surface area contributed by atoms with Crippen molar-refractivity contribution in [3.8, 4) is 39.1 Å². The molecule has 5 nitrogen and oxygen atoms in total. The molecular weight excluding hydrogens is 705 g/mol. The fourth-order valence-corrected chi connectivity index (χ4v) is 7.23. The summed E-state index contributed by atoms with van der Waals surface area (Å²) in [6, 6.07) is 42.9. The highest BCUT2D eigenvalue weighted by molar-refractivity contribution is 7.85. The van der Waals surface area contributed by atoms with Gasteiger partial charge in [-0.3, -0.25) is 0 Å². The molecule has 8 aromatic carbocycles. The highest BCUT2D eigenvalue weighted by Crippen LogP contribution is 2.41. The lowest BCUT2D eigenvalue weighted by Crippen LogP contribution is -2.17. The molecule has 0 saturated heterocycles. The first-order valence-corrected chi connectivity index (χ1v) is 17.6. The van der Waals surface area contributed by atoms with Gasteiger partial charge in [0.25, 0.3) is 0 Å². The monoisotopic (exact) mass is 727 g/mol. The molecule has 0 radical (unpaired) electrons. The molecular formula is C43H23F4O5S-. The van der Waals surface area contributed by atoms with Crippen LogP contribution < -0.4 is 4.74 Å². The van der Waals surface area contributed by atoms with Gasteiger partial charge in [-0.2, -0.15) is 8.78 Å². The Balaban J connectivity index is 1.42. The minimum absolute atomic E-state index is 0.208. The van der Waals surface area contributed by atoms with Crippen molar-refractivity contribution in [1.82, 2.24) is 0 Å². The molecule has 0 aliphatic rings. The van der Waals surface area contributed by atoms with Crippen molar-refractivity contribution in [3.05, 3.63) is 168 Å². The maximum Gasteiger partial charge on any atom is 0.345 e. The van der Waals surface area contributed by atoms with E-state index in [1.54, 1.807) is 24.3 Å². The third kappa shape index (κ3) is 6.07. The summed E-state index contributed by atoms with van der Waals surface area (Å²) in [5, 5.41) is 5.35. The first kappa shape index (κ1) is 33.8. The summed E-state index contributed by atoms with van der Waals surface area (Å²) in [6.45, 7) is 0. The zero-order valence-electron chi connectivity index (χ0n) is 27.2. The molecule has 10 heteroatoms. The van der Waals surface area contributed by atoms with Crippen LogP contribution in [0.15, 0.2) is 144 Å². The fraction of sp³-hybridized carbons (Fsp3) is 0. The average molecular weight is 728 g/mol. The fourth-order valence-electron chi connectivity index (χ4n) is 6.61. The lowest BCUT2D eigenvalue weighted by molar-refractivity contribution is 0.0718. The van der Waals surface area contributed by atoms with Crippen LogP contribution in [0.25, 0.3) is 65.7 Å². The predicted octanol–water partition coefficient (Wildman–Crippen LogP) is 10.8. The Morgan fingerprint density at radius 3 is 1.26 bits per heavy atom. The largest absolute Gasteiger partial charge is 0.744 e. The van der Waals surface area contributed by atoms with E-state index in [1.807, 2.05) is 115 Å². The van der Waals surface area contributed by atoms with E-state index in [0.29, 0.717) is 16.7 Å². The minimum Gasteiger partial charge on any atom is -0.744 e. The minimum atomic E-state index is -5.99. The van der Waals surface area contributed by atoms with Gasteiger partial charge in [0.15, 0.2) is 11.6 Å². The van der Waals surface area contributed by atoms with Crippen molar-refractivity contribution in [2.24, 2.45) is 0 Å². The van der Waals surface area contributed by atoms with E-state index >= 15 is 8.78 Å². The van der Waals surface area contributed by atoms with Gasteiger partial charge in [0, 0.05) is 0 Å². The van der Waals surface area contributed by atoms with Crippen LogP contribution in [0.4, 0.5) is 17.6 Å². The lowest BCUT2D eigenvalue weighted by atomic mass is 9.86. The Bertz CT molecular complexity index is 2800. The first-order chi connectivity index (χ1) is 25.5. The normalized spacial score (nSPS) is 11.7. The van der Waals surface area contributed by atoms with Gasteiger partial charge < -0.3 is 9.29 Å². The quantitative estimate of drug-likeness (QED) is 0.0560. The van der Waals surface area contributed by atoms with Crippen LogP contribution in [0.5, 0.6) is 5.75 Å². The molecule has 0 fully saturated rings. The van der Waals surface area contributed by atoms with Gasteiger partial charge in [-0.05, 0) is 96.0 Å². The van der Waals surface area contributed by atoms with Gasteiger partial charge in [0.1, 0.15) is 15.0 Å². The van der Waals surface area contributed by atoms with E-state index in [0.717, 1.165) is 37.9 Å². The van der Waals surface area contributed by atoms with Crippen LogP contribution in [-0.2, 0) is 10.1 Å². The molecule has 0 unspecified atom stereocenters. The smallest absolute Gasteiger partial charge is 0.345 e. The second-order valence-corrected chi connectivity index (χ2v) is 13.7. The zero-order valence-corrected chi connectivity index (χ0v) is 28.1. The number of benzene rings is 8. The lowest BCUT2D eigenvalue weighted by Gasteiger charge is -2.19. The maximum absolute atomic E-state index is 15.3. The number of fused-ring (bicyclic) bond motifs is 3. The third-order valence-electron chi connectivity index (χ3n) is 9.17. The van der Waals surface area contributed by atoms with E-state index < -0.39 is 50.0 Å². The van der Waals surface area contributed by atoms with Gasteiger partial charge in [-0.25, -0.2) is 22.0 Å². The van der Waals surface area contributed by atoms with Crippen LogP contribution in [0.3, 0.4) is 0 Å². The number of carbonyl (C=O) groups is 1. The van der Waals surface area contributed by atoms with Crippen molar-refractivity contribution in [2.75, 3.05) is 0 Å². The molecule has 0 aliphatic carbocycles. The molecule has 8 aromatic rings. The number of esters is 1. The van der Waals surface area contributed by atoms with Crippen LogP contribution in [0, 0.1) is 23.3 Å². The van der Waals surface area contributed by atoms with E-state index in [4.69, 9.17) is 4.74 Å². The van der Waals surface area contributed by atoms with Crippen molar-refractivity contribution in [3.63, 3.8) is 0 Å². The predicted molar refractivity (Wildman–Crippen MR) is 194 cm³/mol. The summed E-state index contributed by atoms with van der Waals surface area (Å²) in [6.07, 6.45) is 0. The topological polar surface area (TPSA) is 83.5 Å². The highest BCUT2D eigenvalue weighted by Gasteiger charge is 2.33. The Hall–Kier alpha value is -6.36. The number of hydrogen-bond acceptors (Lipinski definition) is 5. The van der Waals surface area contributed by atoms with Crippen LogP contribution in [0.1, 0.15) is 10.4 Å². The number of ether oxygens (including phenoxy) is 1. The number of halogens is 4. The second-order valence-electron chi connectivity index (χ2n) is 12.4. The highest BCUT2D eigenvalue weighted by atomic mass is 32.2. The summed E-state index contributed by atoms with van der Waals surface area (Å²) in [4.78, 5) is 12.0. The van der Waals surface area contributed by atoms with Gasteiger partial charge >= 0.3 is 5.97 Å². The molecule has 0 amide bonds. The van der Waals surface area contributed by atoms with Gasteiger partial charge in [0.05, 0.1) is 5.56 Å². The Morgan fingerprint density at radius 1 is 0.472 bits per heavy atom. The third-order valence-corrected chi connectivity index (χ3v) is 10.0. The summed E-state index contributed by atoms with van der Waals surface area (Å²) in [7, 11) is -5.99. The molecule has 0 bridgehead atoms. The van der Waals surface area contributed by atoms with Gasteiger partial charge in [-0.15, -0.1) is 0 Å². The second kappa shape index (κ2) is 13.0. The van der Waals surface area contributed by atoms with Crippen LogP contribution in [0.2, 0.25) is 0 Å². The van der Waals surface area contributed by atoms with E-state index in [9.17, 15) is 26.5 Å². The Kier molecular flexibility index (Phi) is 8.28. The maximum atomic E-state index is 15.3. The van der Waals surface area contributed by atoms with Crippen molar-refractivity contribution >= 4 is 48.4 Å². The summed E-state index contributed by atoms with van der Waals surface area (Å²) in [5.41, 5.74) is 2.77. The summed E-state index contributed by atoms with van der Waals surface area (Å²) < 4.78 is 99.7. The number of rotatable bonds is 6. The van der Waals surface area contributed by atoms with Gasteiger partial charge in [-0.1, -0.05) is 109 Å². The Labute approximate surface area is 300 Å². The molecule has 53 heavy (non-hydrogen) atoms. The molecule has 0 atom stereocenters. The first-order valence-electron chi connectivity index (χ1n) is 16.2. The van der Waals surface area contributed by atoms with Crippen molar-refractivity contribution < 1.29 is 40.1 Å². The molecule has 0 aromatic heterocycles. The average Bonchev–Trinajstić information content (AvgIpc) is 3.17. The molecule has 0 N–H and O–H groups in total. The van der Waals surface area contributed by atoms with Crippen LogP contribution >= 0.6 is 0 Å². The Morgan fingerprint density at radius 2 is 0.849 bits per heavy atom. The number of hydrogen-bond donors (Lipinski definition) is 0. The van der Waals surface area contributed by atoms with Crippen LogP contribution in [-0.4, -0.2) is 18.9 Å². The summed E-state index contributed by atoms with van der Waals surface area (Å²) in [5.74, 6) is -13.0. The zero-order chi connectivity index (χ0) is 37.0. The standard InChI is InChI=1S/C43H24F4O5S/c44-37-39(46)42(53(49,50)51)40(47)38(45)41(37)52-43(48)36-34(31-17-14-25-8-2-5-11-28(25)20-31)22-33(30-16-13-24-7-1-4-10-27(24)19-30)23-35(36)32-18-15-26-9-3-6-12-29(26)21-32/h1-23H,(H,49,50,51)/p-1. The van der Waals surface area contributed by atoms with Gasteiger partial charge in [0.2, 0.25) is 17.4 Å².